The highest BCUT2D eigenvalue weighted by molar-refractivity contribution is 5.97. The number of nitrogen functional groups attached to an aromatic ring is 2. The molecule has 27 heavy (non-hydrogen) atoms. The van der Waals surface area contributed by atoms with Crippen molar-refractivity contribution >= 4 is 11.7 Å². The Morgan fingerprint density at radius 1 is 1.33 bits per heavy atom. The van der Waals surface area contributed by atoms with Gasteiger partial charge in [0.2, 0.25) is 6.79 Å². The van der Waals surface area contributed by atoms with Gasteiger partial charge in [-0.1, -0.05) is 13.8 Å². The second-order valence-corrected chi connectivity index (χ2v) is 7.23. The maximum Gasteiger partial charge on any atom is 0.231 e. The Hall–Kier alpha value is -2.74. The third-order valence-corrected chi connectivity index (χ3v) is 4.59. The van der Waals surface area contributed by atoms with E-state index in [0.29, 0.717) is 30.4 Å². The molecule has 0 saturated heterocycles. The first kappa shape index (κ1) is 19.0. The average Bonchev–Trinajstić information content (AvgIpc) is 3.16. The summed E-state index contributed by atoms with van der Waals surface area (Å²) in [6.45, 7) is 8.98. The molecule has 0 amide bonds. The van der Waals surface area contributed by atoms with Crippen LogP contribution in [0, 0.1) is 18.3 Å². The van der Waals surface area contributed by atoms with Gasteiger partial charge in [0.25, 0.3) is 0 Å². The molecule has 0 aliphatic carbocycles. The van der Waals surface area contributed by atoms with E-state index in [2.05, 4.69) is 24.1 Å². The molecule has 146 valence electrons. The third-order valence-electron chi connectivity index (χ3n) is 4.59. The van der Waals surface area contributed by atoms with Crippen molar-refractivity contribution in [3.63, 3.8) is 0 Å². The molecule has 8 heteroatoms. The lowest BCUT2D eigenvalue weighted by Gasteiger charge is -2.13. The summed E-state index contributed by atoms with van der Waals surface area (Å²) in [5, 5.41) is 11.2. The van der Waals surface area contributed by atoms with Crippen LogP contribution in [0.25, 0.3) is 0 Å². The second kappa shape index (κ2) is 7.87. The number of fused-ring (bicyclic) bond motifs is 1. The topological polar surface area (TPSA) is 124 Å². The number of hydrogen-bond acceptors (Lipinski definition) is 6. The number of nitrogens with one attached hydrogen (secondary N) is 2. The van der Waals surface area contributed by atoms with Crippen molar-refractivity contribution in [3.8, 4) is 11.5 Å². The van der Waals surface area contributed by atoms with E-state index in [0.717, 1.165) is 41.5 Å². The highest BCUT2D eigenvalue weighted by atomic mass is 16.7. The minimum atomic E-state index is -0.120. The lowest BCUT2D eigenvalue weighted by Crippen LogP contribution is -2.25. The van der Waals surface area contributed by atoms with Crippen LogP contribution in [0.4, 0.5) is 5.82 Å². The molecule has 8 nitrogen and oxygen atoms in total. The number of aromatic nitrogens is 2. The number of ether oxygens (including phenoxy) is 2. The Morgan fingerprint density at radius 2 is 2.04 bits per heavy atom. The summed E-state index contributed by atoms with van der Waals surface area (Å²) < 4.78 is 12.9. The van der Waals surface area contributed by atoms with Gasteiger partial charge >= 0.3 is 0 Å². The monoisotopic (exact) mass is 372 g/mol. The highest BCUT2D eigenvalue weighted by Crippen LogP contribution is 2.35. The molecular formula is C19H28N6O2. The molecule has 6 N–H and O–H groups in total. The maximum absolute atomic E-state index is 7.75. The molecular weight excluding hydrogens is 344 g/mol. The van der Waals surface area contributed by atoms with Gasteiger partial charge in [0.05, 0.1) is 0 Å². The van der Waals surface area contributed by atoms with E-state index in [9.17, 15) is 0 Å². The fourth-order valence-corrected chi connectivity index (χ4v) is 3.12. The van der Waals surface area contributed by atoms with Gasteiger partial charge in [-0.2, -0.15) is 0 Å². The van der Waals surface area contributed by atoms with E-state index in [1.165, 1.54) is 0 Å². The number of nitrogens with two attached hydrogens (primary N) is 2. The molecule has 0 radical (unpaired) electrons. The molecule has 1 aliphatic heterocycles. The van der Waals surface area contributed by atoms with Gasteiger partial charge in [0.15, 0.2) is 11.5 Å². The SMILES string of the molecule is Cc1cc2c(cc1Cc1nc(C(=N)N)c(N)n1CCNCC(C)C)OCO2. The van der Waals surface area contributed by atoms with E-state index in [-0.39, 0.29) is 12.6 Å². The molecule has 0 fully saturated rings. The summed E-state index contributed by atoms with van der Waals surface area (Å²) >= 11 is 0. The van der Waals surface area contributed by atoms with E-state index in [4.69, 9.17) is 26.4 Å². The number of anilines is 1. The Bertz CT molecular complexity index is 843. The molecule has 0 atom stereocenters. The van der Waals surface area contributed by atoms with Crippen molar-refractivity contribution < 1.29 is 9.47 Å². The van der Waals surface area contributed by atoms with Crippen LogP contribution in [0.1, 0.15) is 36.5 Å². The summed E-state index contributed by atoms with van der Waals surface area (Å²) in [7, 11) is 0. The van der Waals surface area contributed by atoms with Crippen LogP contribution in [-0.2, 0) is 13.0 Å². The quantitative estimate of drug-likeness (QED) is 0.317. The summed E-state index contributed by atoms with van der Waals surface area (Å²) in [6, 6.07) is 3.96. The normalized spacial score (nSPS) is 12.7. The van der Waals surface area contributed by atoms with Gasteiger partial charge in [-0.05, 0) is 42.6 Å². The minimum absolute atomic E-state index is 0.120. The molecule has 0 spiro atoms. The molecule has 2 aromatic rings. The third kappa shape index (κ3) is 4.16. The van der Waals surface area contributed by atoms with Crippen LogP contribution in [0.15, 0.2) is 12.1 Å². The van der Waals surface area contributed by atoms with Gasteiger partial charge in [-0.25, -0.2) is 4.98 Å². The first-order chi connectivity index (χ1) is 12.9. The number of aryl methyl sites for hydroxylation is 1. The summed E-state index contributed by atoms with van der Waals surface area (Å²) in [5.41, 5.74) is 14.4. The van der Waals surface area contributed by atoms with Crippen molar-refractivity contribution in [1.29, 1.82) is 5.41 Å². The van der Waals surface area contributed by atoms with E-state index >= 15 is 0 Å². The first-order valence-electron chi connectivity index (χ1n) is 9.16. The molecule has 2 heterocycles. The van der Waals surface area contributed by atoms with E-state index < -0.39 is 0 Å². The number of imidazole rings is 1. The van der Waals surface area contributed by atoms with Crippen LogP contribution in [0.5, 0.6) is 11.5 Å². The van der Waals surface area contributed by atoms with Crippen molar-refractivity contribution in [1.82, 2.24) is 14.9 Å². The van der Waals surface area contributed by atoms with Crippen LogP contribution in [-0.4, -0.2) is 35.3 Å². The number of hydrogen-bond donors (Lipinski definition) is 4. The number of benzene rings is 1. The standard InChI is InChI=1S/C19H28N6O2/c1-11(2)9-23-4-5-25-16(24-17(18(20)21)19(25)22)8-13-7-15-14(6-12(13)3)26-10-27-15/h6-7,11,23H,4-5,8-10,22H2,1-3H3,(H3,20,21). The summed E-state index contributed by atoms with van der Waals surface area (Å²) in [4.78, 5) is 4.54. The van der Waals surface area contributed by atoms with Crippen LogP contribution >= 0.6 is 0 Å². The fourth-order valence-electron chi connectivity index (χ4n) is 3.12. The predicted octanol–water partition coefficient (Wildman–Crippen LogP) is 1.62. The molecule has 1 aromatic heterocycles. The van der Waals surface area contributed by atoms with Gasteiger partial charge in [0, 0.05) is 19.5 Å². The summed E-state index contributed by atoms with van der Waals surface area (Å²) in [5.74, 6) is 3.18. The van der Waals surface area contributed by atoms with E-state index in [1.54, 1.807) is 0 Å². The number of amidine groups is 1. The lowest BCUT2D eigenvalue weighted by atomic mass is 10.0. The van der Waals surface area contributed by atoms with Gasteiger partial charge in [0.1, 0.15) is 23.2 Å². The zero-order valence-corrected chi connectivity index (χ0v) is 16.1. The van der Waals surface area contributed by atoms with Crippen molar-refractivity contribution in [2.75, 3.05) is 25.6 Å². The summed E-state index contributed by atoms with van der Waals surface area (Å²) in [6.07, 6.45) is 0.574. The van der Waals surface area contributed by atoms with Gasteiger partial charge < -0.3 is 30.8 Å². The van der Waals surface area contributed by atoms with Crippen LogP contribution in [0.3, 0.4) is 0 Å². The van der Waals surface area contributed by atoms with E-state index in [1.807, 2.05) is 23.6 Å². The average molecular weight is 372 g/mol. The zero-order chi connectivity index (χ0) is 19.6. The Balaban J connectivity index is 1.85. The Kier molecular flexibility index (Phi) is 5.55. The van der Waals surface area contributed by atoms with Crippen molar-refractivity contribution in [3.05, 3.63) is 34.8 Å². The highest BCUT2D eigenvalue weighted by Gasteiger charge is 2.20. The molecule has 1 aromatic carbocycles. The number of nitrogens with zero attached hydrogens (tertiary/aromatic N) is 2. The molecule has 3 rings (SSSR count). The van der Waals surface area contributed by atoms with Gasteiger partial charge in [-0.15, -0.1) is 0 Å². The molecule has 1 aliphatic rings. The van der Waals surface area contributed by atoms with Crippen LogP contribution < -0.4 is 26.3 Å². The molecule has 0 unspecified atom stereocenters. The Labute approximate surface area is 159 Å². The fraction of sp³-hybridized carbons (Fsp3) is 0.474. The number of rotatable bonds is 8. The predicted molar refractivity (Wildman–Crippen MR) is 105 cm³/mol. The first-order valence-corrected chi connectivity index (χ1v) is 9.16. The van der Waals surface area contributed by atoms with Crippen molar-refractivity contribution in [2.45, 2.75) is 33.7 Å². The smallest absolute Gasteiger partial charge is 0.231 e. The second-order valence-electron chi connectivity index (χ2n) is 7.23. The van der Waals surface area contributed by atoms with Crippen molar-refractivity contribution in [2.24, 2.45) is 11.7 Å². The molecule has 0 saturated carbocycles. The van der Waals surface area contributed by atoms with Crippen LogP contribution in [0.2, 0.25) is 0 Å². The Morgan fingerprint density at radius 3 is 2.70 bits per heavy atom. The maximum atomic E-state index is 7.75. The largest absolute Gasteiger partial charge is 0.454 e. The minimum Gasteiger partial charge on any atom is -0.454 e. The lowest BCUT2D eigenvalue weighted by molar-refractivity contribution is 0.174. The zero-order valence-electron chi connectivity index (χ0n) is 16.1. The van der Waals surface area contributed by atoms with Gasteiger partial charge in [-0.3, -0.25) is 5.41 Å². The molecule has 0 bridgehead atoms.